The van der Waals surface area contributed by atoms with Gasteiger partial charge < -0.3 is 10.4 Å². The average molecular weight is 238 g/mol. The lowest BCUT2D eigenvalue weighted by molar-refractivity contribution is -0.147. The second kappa shape index (κ2) is 4.44. The van der Waals surface area contributed by atoms with Crippen LogP contribution in [0.25, 0.3) is 0 Å². The van der Waals surface area contributed by atoms with Crippen LogP contribution in [0.5, 0.6) is 0 Å². The first kappa shape index (κ1) is 12.0. The Kier molecular flexibility index (Phi) is 3.15. The minimum atomic E-state index is -0.749. The van der Waals surface area contributed by atoms with Gasteiger partial charge in [0.1, 0.15) is 12.2 Å². The standard InChI is InChI=1S/C11H18N4O2/c1-8(2)15-9(13-7-14-15)5-11(10(16)17)3-4-12-6-11/h7-8,12H,3-6H2,1-2H3,(H,16,17). The summed E-state index contributed by atoms with van der Waals surface area (Å²) in [5.74, 6) is 0.00639. The number of nitrogens with one attached hydrogen (secondary N) is 1. The van der Waals surface area contributed by atoms with E-state index in [4.69, 9.17) is 0 Å². The zero-order valence-corrected chi connectivity index (χ0v) is 10.2. The number of hydrogen-bond acceptors (Lipinski definition) is 4. The summed E-state index contributed by atoms with van der Waals surface area (Å²) in [5.41, 5.74) is -0.723. The van der Waals surface area contributed by atoms with Gasteiger partial charge in [0, 0.05) is 19.0 Å². The molecule has 1 aliphatic heterocycles. The molecule has 6 heteroatoms. The molecular weight excluding hydrogens is 220 g/mol. The number of carbonyl (C=O) groups is 1. The van der Waals surface area contributed by atoms with Gasteiger partial charge in [-0.05, 0) is 26.8 Å². The van der Waals surface area contributed by atoms with Crippen molar-refractivity contribution >= 4 is 5.97 Å². The lowest BCUT2D eigenvalue weighted by atomic mass is 9.83. The molecule has 94 valence electrons. The van der Waals surface area contributed by atoms with Crippen molar-refractivity contribution in [3.8, 4) is 0 Å². The van der Waals surface area contributed by atoms with Gasteiger partial charge in [0.25, 0.3) is 0 Å². The molecule has 17 heavy (non-hydrogen) atoms. The third-order valence-electron chi connectivity index (χ3n) is 3.33. The van der Waals surface area contributed by atoms with Crippen molar-refractivity contribution in [1.82, 2.24) is 20.1 Å². The first-order valence-corrected chi connectivity index (χ1v) is 5.88. The third-order valence-corrected chi connectivity index (χ3v) is 3.33. The van der Waals surface area contributed by atoms with E-state index in [-0.39, 0.29) is 6.04 Å². The number of aliphatic carboxylic acids is 1. The van der Waals surface area contributed by atoms with Crippen molar-refractivity contribution in [3.63, 3.8) is 0 Å². The maximum Gasteiger partial charge on any atom is 0.311 e. The smallest absolute Gasteiger partial charge is 0.311 e. The number of carboxylic acids is 1. The summed E-state index contributed by atoms with van der Waals surface area (Å²) in [6.07, 6.45) is 2.58. The van der Waals surface area contributed by atoms with E-state index in [2.05, 4.69) is 15.4 Å². The molecule has 6 nitrogen and oxygen atoms in total. The normalized spacial score (nSPS) is 24.4. The van der Waals surface area contributed by atoms with E-state index in [1.807, 2.05) is 13.8 Å². The highest BCUT2D eigenvalue weighted by molar-refractivity contribution is 5.75. The number of hydrogen-bond donors (Lipinski definition) is 2. The summed E-state index contributed by atoms with van der Waals surface area (Å²) in [5, 5.41) is 16.7. The molecule has 1 unspecified atom stereocenters. The Labute approximate surface area is 100 Å². The first-order chi connectivity index (χ1) is 8.05. The van der Waals surface area contributed by atoms with Gasteiger partial charge in [0.2, 0.25) is 0 Å². The van der Waals surface area contributed by atoms with Crippen LogP contribution in [0.2, 0.25) is 0 Å². The summed E-state index contributed by atoms with van der Waals surface area (Å²) in [4.78, 5) is 15.6. The van der Waals surface area contributed by atoms with Crippen LogP contribution in [0, 0.1) is 5.41 Å². The molecule has 0 spiro atoms. The number of nitrogens with zero attached hydrogens (tertiary/aromatic N) is 3. The Morgan fingerprint density at radius 2 is 2.47 bits per heavy atom. The van der Waals surface area contributed by atoms with Crippen molar-refractivity contribution < 1.29 is 9.90 Å². The molecule has 1 saturated heterocycles. The van der Waals surface area contributed by atoms with Crippen LogP contribution < -0.4 is 5.32 Å². The lowest BCUT2D eigenvalue weighted by Crippen LogP contribution is -2.36. The Balaban J connectivity index is 2.24. The maximum absolute atomic E-state index is 11.4. The Bertz CT molecular complexity index is 407. The predicted molar refractivity (Wildman–Crippen MR) is 61.7 cm³/mol. The number of rotatable bonds is 4. The van der Waals surface area contributed by atoms with E-state index in [1.165, 1.54) is 6.33 Å². The van der Waals surface area contributed by atoms with E-state index in [0.717, 1.165) is 12.4 Å². The molecule has 0 radical (unpaired) electrons. The van der Waals surface area contributed by atoms with E-state index in [9.17, 15) is 9.90 Å². The molecular formula is C11H18N4O2. The monoisotopic (exact) mass is 238 g/mol. The van der Waals surface area contributed by atoms with Crippen molar-refractivity contribution in [2.24, 2.45) is 5.41 Å². The van der Waals surface area contributed by atoms with Crippen LogP contribution in [0.3, 0.4) is 0 Å². The third kappa shape index (κ3) is 2.17. The molecule has 1 fully saturated rings. The molecule has 1 atom stereocenters. The van der Waals surface area contributed by atoms with Gasteiger partial charge in [0.05, 0.1) is 5.41 Å². The fourth-order valence-electron chi connectivity index (χ4n) is 2.29. The van der Waals surface area contributed by atoms with Crippen LogP contribution in [-0.4, -0.2) is 38.9 Å². The second-order valence-electron chi connectivity index (χ2n) is 4.90. The largest absolute Gasteiger partial charge is 0.481 e. The second-order valence-corrected chi connectivity index (χ2v) is 4.90. The van der Waals surface area contributed by atoms with Crippen molar-refractivity contribution in [1.29, 1.82) is 0 Å². The average Bonchev–Trinajstić information content (AvgIpc) is 2.87. The quantitative estimate of drug-likeness (QED) is 0.797. The van der Waals surface area contributed by atoms with Crippen LogP contribution in [0.1, 0.15) is 32.1 Å². The van der Waals surface area contributed by atoms with Crippen LogP contribution in [0.4, 0.5) is 0 Å². The van der Waals surface area contributed by atoms with Crippen LogP contribution >= 0.6 is 0 Å². The van der Waals surface area contributed by atoms with E-state index in [1.54, 1.807) is 4.68 Å². The summed E-state index contributed by atoms with van der Waals surface area (Å²) in [6, 6.07) is 0.202. The fraction of sp³-hybridized carbons (Fsp3) is 0.727. The van der Waals surface area contributed by atoms with Gasteiger partial charge in [-0.25, -0.2) is 9.67 Å². The summed E-state index contributed by atoms with van der Waals surface area (Å²) < 4.78 is 1.79. The SMILES string of the molecule is CC(C)n1ncnc1CC1(C(=O)O)CCNC1. The Morgan fingerprint density at radius 1 is 1.71 bits per heavy atom. The van der Waals surface area contributed by atoms with Crippen LogP contribution in [-0.2, 0) is 11.2 Å². The molecule has 2 heterocycles. The van der Waals surface area contributed by atoms with E-state index in [0.29, 0.717) is 19.4 Å². The molecule has 2 rings (SSSR count). The van der Waals surface area contributed by atoms with Crippen LogP contribution in [0.15, 0.2) is 6.33 Å². The fourth-order valence-corrected chi connectivity index (χ4v) is 2.29. The van der Waals surface area contributed by atoms with Gasteiger partial charge >= 0.3 is 5.97 Å². The van der Waals surface area contributed by atoms with E-state index < -0.39 is 11.4 Å². The minimum absolute atomic E-state index is 0.202. The molecule has 0 aromatic carbocycles. The first-order valence-electron chi connectivity index (χ1n) is 5.88. The molecule has 0 saturated carbocycles. The highest BCUT2D eigenvalue weighted by Gasteiger charge is 2.42. The Morgan fingerprint density at radius 3 is 3.00 bits per heavy atom. The molecule has 1 aromatic heterocycles. The zero-order chi connectivity index (χ0) is 12.5. The molecule has 0 amide bonds. The van der Waals surface area contributed by atoms with Gasteiger partial charge in [-0.3, -0.25) is 4.79 Å². The van der Waals surface area contributed by atoms with Crippen molar-refractivity contribution in [2.75, 3.05) is 13.1 Å². The highest BCUT2D eigenvalue weighted by Crippen LogP contribution is 2.30. The van der Waals surface area contributed by atoms with E-state index >= 15 is 0 Å². The molecule has 0 bridgehead atoms. The molecule has 0 aliphatic carbocycles. The summed E-state index contributed by atoms with van der Waals surface area (Å²) >= 11 is 0. The molecule has 1 aromatic rings. The van der Waals surface area contributed by atoms with Crippen molar-refractivity contribution in [3.05, 3.63) is 12.2 Å². The maximum atomic E-state index is 11.4. The topological polar surface area (TPSA) is 80.0 Å². The minimum Gasteiger partial charge on any atom is -0.481 e. The summed E-state index contributed by atoms with van der Waals surface area (Å²) in [6.45, 7) is 5.28. The number of carboxylic acid groups (broad SMARTS) is 1. The molecule has 1 aliphatic rings. The Hall–Kier alpha value is -1.43. The summed E-state index contributed by atoms with van der Waals surface area (Å²) in [7, 11) is 0. The molecule has 2 N–H and O–H groups in total. The predicted octanol–water partition coefficient (Wildman–Crippen LogP) is 0.466. The van der Waals surface area contributed by atoms with Gasteiger partial charge in [-0.1, -0.05) is 0 Å². The highest BCUT2D eigenvalue weighted by atomic mass is 16.4. The van der Waals surface area contributed by atoms with Gasteiger partial charge in [-0.15, -0.1) is 0 Å². The number of aromatic nitrogens is 3. The van der Waals surface area contributed by atoms with Crippen molar-refractivity contribution in [2.45, 2.75) is 32.7 Å². The van der Waals surface area contributed by atoms with Gasteiger partial charge in [-0.2, -0.15) is 5.10 Å². The van der Waals surface area contributed by atoms with Gasteiger partial charge in [0.15, 0.2) is 0 Å². The zero-order valence-electron chi connectivity index (χ0n) is 10.2. The lowest BCUT2D eigenvalue weighted by Gasteiger charge is -2.23.